The second-order valence-electron chi connectivity index (χ2n) is 7.12. The first kappa shape index (κ1) is 16.0. The maximum Gasteiger partial charge on any atom is 0.275 e. The van der Waals surface area contributed by atoms with E-state index in [1.54, 1.807) is 23.1 Å². The van der Waals surface area contributed by atoms with Crippen molar-refractivity contribution in [2.24, 2.45) is 0 Å². The van der Waals surface area contributed by atoms with Gasteiger partial charge in [-0.15, -0.1) is 0 Å². The average Bonchev–Trinajstić information content (AvgIpc) is 3.25. The number of aromatic nitrogens is 2. The third-order valence-electron chi connectivity index (χ3n) is 5.33. The third kappa shape index (κ3) is 2.50. The first-order valence-electron chi connectivity index (χ1n) is 8.79. The highest BCUT2D eigenvalue weighted by atomic mass is 19.1. The molecule has 0 saturated carbocycles. The molecule has 1 aromatic heterocycles. The summed E-state index contributed by atoms with van der Waals surface area (Å²) < 4.78 is 19.5. The number of carbonyl (C=O) groups excluding carboxylic acids is 2. The van der Waals surface area contributed by atoms with Crippen molar-refractivity contribution in [1.29, 1.82) is 0 Å². The molecule has 1 atom stereocenters. The number of ether oxygens (including phenoxy) is 1. The van der Waals surface area contributed by atoms with E-state index in [4.69, 9.17) is 4.74 Å². The molecule has 2 aliphatic heterocycles. The summed E-state index contributed by atoms with van der Waals surface area (Å²) in [5, 5.41) is 7.35. The zero-order valence-corrected chi connectivity index (χ0v) is 14.4. The molecule has 3 heterocycles. The van der Waals surface area contributed by atoms with Gasteiger partial charge in [-0.3, -0.25) is 14.7 Å². The highest BCUT2D eigenvalue weighted by molar-refractivity contribution is 6.05. The van der Waals surface area contributed by atoms with E-state index in [9.17, 15) is 14.0 Å². The number of ketones is 1. The van der Waals surface area contributed by atoms with Gasteiger partial charge < -0.3 is 9.64 Å². The molecule has 2 aromatic carbocycles. The van der Waals surface area contributed by atoms with E-state index >= 15 is 0 Å². The standard InChI is InChI=1S/C20H16FN3O3/c21-12-5-6-13-15(9-12)22-23-18(13)19(26)24-8-7-20(11-24)10-16(25)14-3-1-2-4-17(14)27-20/h1-6,9H,7-8,10-11H2,(H,22,23). The summed E-state index contributed by atoms with van der Waals surface area (Å²) in [7, 11) is 0. The van der Waals surface area contributed by atoms with Gasteiger partial charge in [0.25, 0.3) is 5.91 Å². The monoisotopic (exact) mass is 365 g/mol. The summed E-state index contributed by atoms with van der Waals surface area (Å²) >= 11 is 0. The predicted molar refractivity (Wildman–Crippen MR) is 95.3 cm³/mol. The summed E-state index contributed by atoms with van der Waals surface area (Å²) in [4.78, 5) is 27.1. The predicted octanol–water partition coefficient (Wildman–Crippen LogP) is 2.95. The van der Waals surface area contributed by atoms with E-state index < -0.39 is 11.4 Å². The lowest BCUT2D eigenvalue weighted by molar-refractivity contribution is 0.0427. The van der Waals surface area contributed by atoms with Gasteiger partial charge in [0, 0.05) is 18.4 Å². The molecule has 0 bridgehead atoms. The number of halogens is 1. The molecule has 1 amide bonds. The van der Waals surface area contributed by atoms with Crippen LogP contribution in [-0.4, -0.2) is 45.5 Å². The third-order valence-corrected chi connectivity index (χ3v) is 5.33. The minimum atomic E-state index is -0.695. The molecule has 27 heavy (non-hydrogen) atoms. The molecule has 1 saturated heterocycles. The highest BCUT2D eigenvalue weighted by Crippen LogP contribution is 2.39. The van der Waals surface area contributed by atoms with E-state index in [1.165, 1.54) is 12.1 Å². The van der Waals surface area contributed by atoms with E-state index in [2.05, 4.69) is 10.2 Å². The van der Waals surface area contributed by atoms with Gasteiger partial charge in [-0.05, 0) is 30.3 Å². The molecule has 136 valence electrons. The number of H-pyrrole nitrogens is 1. The van der Waals surface area contributed by atoms with E-state index in [-0.39, 0.29) is 23.8 Å². The lowest BCUT2D eigenvalue weighted by Gasteiger charge is -2.34. The molecule has 1 fully saturated rings. The smallest absolute Gasteiger partial charge is 0.275 e. The van der Waals surface area contributed by atoms with Crippen LogP contribution in [-0.2, 0) is 0 Å². The number of hydrogen-bond acceptors (Lipinski definition) is 4. The minimum absolute atomic E-state index is 0.0341. The Hall–Kier alpha value is -3.22. The van der Waals surface area contributed by atoms with Gasteiger partial charge in [0.2, 0.25) is 0 Å². The number of Topliss-reactive ketones (excluding diaryl/α,β-unsaturated/α-hetero) is 1. The van der Waals surface area contributed by atoms with Crippen LogP contribution in [0.4, 0.5) is 4.39 Å². The quantitative estimate of drug-likeness (QED) is 0.719. The van der Waals surface area contributed by atoms with Crippen LogP contribution in [0, 0.1) is 5.82 Å². The van der Waals surface area contributed by atoms with Crippen molar-refractivity contribution in [3.8, 4) is 5.75 Å². The van der Waals surface area contributed by atoms with Crippen LogP contribution in [0.25, 0.3) is 10.9 Å². The van der Waals surface area contributed by atoms with Crippen LogP contribution in [0.3, 0.4) is 0 Å². The van der Waals surface area contributed by atoms with Crippen molar-refractivity contribution in [1.82, 2.24) is 15.1 Å². The first-order chi connectivity index (χ1) is 13.0. The van der Waals surface area contributed by atoms with Crippen LogP contribution in [0.5, 0.6) is 5.75 Å². The van der Waals surface area contributed by atoms with Gasteiger partial charge in [-0.2, -0.15) is 5.10 Å². The zero-order valence-electron chi connectivity index (χ0n) is 14.4. The summed E-state index contributed by atoms with van der Waals surface area (Å²) in [5.74, 6) is -0.0340. The molecule has 7 heteroatoms. The Labute approximate surface area is 153 Å². The second kappa shape index (κ2) is 5.64. The van der Waals surface area contributed by atoms with Gasteiger partial charge >= 0.3 is 0 Å². The molecule has 0 aliphatic carbocycles. The average molecular weight is 365 g/mol. The highest BCUT2D eigenvalue weighted by Gasteiger charge is 2.47. The Bertz CT molecular complexity index is 1090. The number of benzene rings is 2. The topological polar surface area (TPSA) is 75.3 Å². The Balaban J connectivity index is 1.42. The number of aromatic amines is 1. The van der Waals surface area contributed by atoms with Crippen molar-refractivity contribution < 1.29 is 18.7 Å². The van der Waals surface area contributed by atoms with Gasteiger partial charge in [-0.1, -0.05) is 12.1 Å². The van der Waals surface area contributed by atoms with Crippen molar-refractivity contribution in [3.63, 3.8) is 0 Å². The summed E-state index contributed by atoms with van der Waals surface area (Å²) in [6.07, 6.45) is 0.829. The van der Waals surface area contributed by atoms with Crippen LogP contribution >= 0.6 is 0 Å². The minimum Gasteiger partial charge on any atom is -0.484 e. The molecule has 5 rings (SSSR count). The van der Waals surface area contributed by atoms with Gasteiger partial charge in [0.05, 0.1) is 24.0 Å². The molecular formula is C20H16FN3O3. The normalized spacial score (nSPS) is 21.5. The maximum atomic E-state index is 13.4. The number of hydrogen-bond donors (Lipinski definition) is 1. The van der Waals surface area contributed by atoms with Gasteiger partial charge in [-0.25, -0.2) is 4.39 Å². The van der Waals surface area contributed by atoms with Crippen molar-refractivity contribution in [3.05, 3.63) is 59.5 Å². The number of carbonyl (C=O) groups is 2. The van der Waals surface area contributed by atoms with E-state index in [0.29, 0.717) is 41.7 Å². The molecule has 2 aliphatic rings. The summed E-state index contributed by atoms with van der Waals surface area (Å²) in [6, 6.07) is 11.4. The van der Waals surface area contributed by atoms with Gasteiger partial charge in [0.1, 0.15) is 17.2 Å². The van der Waals surface area contributed by atoms with Crippen LogP contribution in [0.1, 0.15) is 33.7 Å². The summed E-state index contributed by atoms with van der Waals surface area (Å²) in [6.45, 7) is 0.797. The number of rotatable bonds is 1. The fourth-order valence-corrected chi connectivity index (χ4v) is 3.99. The number of para-hydroxylation sites is 1. The van der Waals surface area contributed by atoms with E-state index in [1.807, 2.05) is 12.1 Å². The Morgan fingerprint density at radius 1 is 1.26 bits per heavy atom. The van der Waals surface area contributed by atoms with Crippen molar-refractivity contribution >= 4 is 22.6 Å². The molecule has 6 nitrogen and oxygen atoms in total. The number of amides is 1. The lowest BCUT2D eigenvalue weighted by Crippen LogP contribution is -2.45. The van der Waals surface area contributed by atoms with Crippen LogP contribution in [0.15, 0.2) is 42.5 Å². The Morgan fingerprint density at radius 3 is 3.00 bits per heavy atom. The summed E-state index contributed by atoms with van der Waals surface area (Å²) in [5.41, 5.74) is 0.627. The Kier molecular flexibility index (Phi) is 3.34. The van der Waals surface area contributed by atoms with E-state index in [0.717, 1.165) is 0 Å². The van der Waals surface area contributed by atoms with Crippen molar-refractivity contribution in [2.75, 3.05) is 13.1 Å². The zero-order chi connectivity index (χ0) is 18.6. The van der Waals surface area contributed by atoms with Crippen molar-refractivity contribution in [2.45, 2.75) is 18.4 Å². The SMILES string of the molecule is O=C1CC2(CCN(C(=O)c3n[nH]c4cc(F)ccc34)C2)Oc2ccccc21. The maximum absolute atomic E-state index is 13.4. The number of nitrogens with zero attached hydrogens (tertiary/aromatic N) is 2. The molecule has 3 aromatic rings. The Morgan fingerprint density at radius 2 is 2.11 bits per heavy atom. The fraction of sp³-hybridized carbons (Fsp3) is 0.250. The first-order valence-corrected chi connectivity index (χ1v) is 8.79. The molecule has 1 spiro atoms. The number of nitrogens with one attached hydrogen (secondary N) is 1. The second-order valence-corrected chi connectivity index (χ2v) is 7.12. The van der Waals surface area contributed by atoms with Gasteiger partial charge in [0.15, 0.2) is 11.5 Å². The molecular weight excluding hydrogens is 349 g/mol. The number of fused-ring (bicyclic) bond motifs is 2. The largest absolute Gasteiger partial charge is 0.484 e. The molecule has 1 N–H and O–H groups in total. The van der Waals surface area contributed by atoms with Crippen LogP contribution in [0.2, 0.25) is 0 Å². The fourth-order valence-electron chi connectivity index (χ4n) is 3.99. The van der Waals surface area contributed by atoms with Crippen LogP contribution < -0.4 is 4.74 Å². The lowest BCUT2D eigenvalue weighted by atomic mass is 9.89. The molecule has 1 unspecified atom stereocenters. The molecule has 0 radical (unpaired) electrons. The number of likely N-dealkylation sites (tertiary alicyclic amines) is 1.